The van der Waals surface area contributed by atoms with E-state index in [9.17, 15) is 18.0 Å². The van der Waals surface area contributed by atoms with Crippen LogP contribution in [0, 0.1) is 13.8 Å². The zero-order valence-electron chi connectivity index (χ0n) is 23.8. The van der Waals surface area contributed by atoms with Gasteiger partial charge in [0.15, 0.2) is 0 Å². The molecule has 0 saturated heterocycles. The first-order valence-corrected chi connectivity index (χ1v) is 15.4. The number of sulfonamides is 1. The lowest BCUT2D eigenvalue weighted by Gasteiger charge is -2.33. The molecule has 42 heavy (non-hydrogen) atoms. The molecule has 0 bridgehead atoms. The first kappa shape index (κ1) is 30.8. The van der Waals surface area contributed by atoms with Crippen LogP contribution >= 0.6 is 11.6 Å². The predicted molar refractivity (Wildman–Crippen MR) is 167 cm³/mol. The van der Waals surface area contributed by atoms with Crippen LogP contribution in [0.4, 0.5) is 5.69 Å². The monoisotopic (exact) mass is 603 g/mol. The third-order valence-corrected chi connectivity index (χ3v) is 8.89. The summed E-state index contributed by atoms with van der Waals surface area (Å²) in [6.07, 6.45) is 0.238. The third-order valence-electron chi connectivity index (χ3n) is 6.86. The van der Waals surface area contributed by atoms with Crippen molar-refractivity contribution in [2.24, 2.45) is 0 Å². The van der Waals surface area contributed by atoms with Gasteiger partial charge >= 0.3 is 0 Å². The fraction of sp³-hybridized carbons (Fsp3) is 0.212. The molecule has 0 fully saturated rings. The molecular formula is C33H34ClN3O4S. The molecule has 0 aliphatic heterocycles. The molecular weight excluding hydrogens is 570 g/mol. The summed E-state index contributed by atoms with van der Waals surface area (Å²) in [4.78, 5) is 29.1. The van der Waals surface area contributed by atoms with Crippen molar-refractivity contribution in [3.63, 3.8) is 0 Å². The maximum atomic E-state index is 14.3. The summed E-state index contributed by atoms with van der Waals surface area (Å²) in [6, 6.07) is 29.0. The van der Waals surface area contributed by atoms with Crippen molar-refractivity contribution in [1.82, 2.24) is 10.2 Å². The van der Waals surface area contributed by atoms with Gasteiger partial charge in [-0.25, -0.2) is 8.42 Å². The van der Waals surface area contributed by atoms with E-state index in [1.165, 1.54) is 24.1 Å². The summed E-state index contributed by atoms with van der Waals surface area (Å²) < 4.78 is 29.2. The molecule has 9 heteroatoms. The SMILES string of the molecule is CNC(=O)[C@H](Cc1ccccc1)N(Cc1cccc(Cl)c1)C(=O)CN(c1cc(C)cc(C)c1)S(=O)(=O)c1ccccc1. The van der Waals surface area contributed by atoms with Gasteiger partial charge in [-0.3, -0.25) is 13.9 Å². The van der Waals surface area contributed by atoms with E-state index >= 15 is 0 Å². The van der Waals surface area contributed by atoms with Gasteiger partial charge in [0.2, 0.25) is 11.8 Å². The molecule has 0 aromatic heterocycles. The molecule has 0 saturated carbocycles. The highest BCUT2D eigenvalue weighted by atomic mass is 35.5. The van der Waals surface area contributed by atoms with Gasteiger partial charge in [0, 0.05) is 25.0 Å². The Morgan fingerprint density at radius 2 is 1.40 bits per heavy atom. The average molecular weight is 604 g/mol. The molecule has 0 heterocycles. The molecule has 4 rings (SSSR count). The Labute approximate surface area is 252 Å². The zero-order valence-corrected chi connectivity index (χ0v) is 25.4. The Morgan fingerprint density at radius 1 is 0.810 bits per heavy atom. The predicted octanol–water partition coefficient (Wildman–Crippen LogP) is 5.54. The van der Waals surface area contributed by atoms with E-state index in [-0.39, 0.29) is 23.8 Å². The van der Waals surface area contributed by atoms with Crippen LogP contribution in [0.5, 0.6) is 0 Å². The van der Waals surface area contributed by atoms with Gasteiger partial charge in [0.05, 0.1) is 10.6 Å². The first-order valence-electron chi connectivity index (χ1n) is 13.5. The number of carbonyl (C=O) groups is 2. The largest absolute Gasteiger partial charge is 0.357 e. The number of amides is 2. The number of aryl methyl sites for hydroxylation is 2. The minimum Gasteiger partial charge on any atom is -0.357 e. The highest BCUT2D eigenvalue weighted by Crippen LogP contribution is 2.27. The first-order chi connectivity index (χ1) is 20.1. The van der Waals surface area contributed by atoms with E-state index in [2.05, 4.69) is 5.32 Å². The van der Waals surface area contributed by atoms with E-state index in [0.29, 0.717) is 16.3 Å². The lowest BCUT2D eigenvalue weighted by molar-refractivity contribution is -0.139. The average Bonchev–Trinajstić information content (AvgIpc) is 2.97. The van der Waals surface area contributed by atoms with Crippen LogP contribution in [-0.2, 0) is 32.6 Å². The van der Waals surface area contributed by atoms with Gasteiger partial charge in [-0.1, -0.05) is 78.3 Å². The lowest BCUT2D eigenvalue weighted by atomic mass is 10.0. The van der Waals surface area contributed by atoms with Crippen molar-refractivity contribution in [3.8, 4) is 0 Å². The fourth-order valence-electron chi connectivity index (χ4n) is 4.90. The lowest BCUT2D eigenvalue weighted by Crippen LogP contribution is -2.53. The Morgan fingerprint density at radius 3 is 2.00 bits per heavy atom. The molecule has 4 aromatic carbocycles. The van der Waals surface area contributed by atoms with E-state index in [1.54, 1.807) is 48.5 Å². The zero-order chi connectivity index (χ0) is 30.3. The van der Waals surface area contributed by atoms with Gasteiger partial charge < -0.3 is 10.2 Å². The third kappa shape index (κ3) is 7.57. The topological polar surface area (TPSA) is 86.8 Å². The molecule has 1 N–H and O–H groups in total. The van der Waals surface area contributed by atoms with Gasteiger partial charge in [-0.2, -0.15) is 0 Å². The number of anilines is 1. The van der Waals surface area contributed by atoms with Crippen molar-refractivity contribution in [1.29, 1.82) is 0 Å². The number of nitrogens with one attached hydrogen (secondary N) is 1. The highest BCUT2D eigenvalue weighted by molar-refractivity contribution is 7.92. The van der Waals surface area contributed by atoms with Crippen molar-refractivity contribution in [3.05, 3.63) is 130 Å². The van der Waals surface area contributed by atoms with Crippen molar-refractivity contribution >= 4 is 39.1 Å². The van der Waals surface area contributed by atoms with Gasteiger partial charge in [0.1, 0.15) is 12.6 Å². The summed E-state index contributed by atoms with van der Waals surface area (Å²) in [5.74, 6) is -0.892. The van der Waals surface area contributed by atoms with Crippen LogP contribution in [0.2, 0.25) is 5.02 Å². The molecule has 2 amide bonds. The summed E-state index contributed by atoms with van der Waals surface area (Å²) in [7, 11) is -2.62. The molecule has 0 aliphatic carbocycles. The van der Waals surface area contributed by atoms with Crippen LogP contribution < -0.4 is 9.62 Å². The Bertz CT molecular complexity index is 1630. The maximum absolute atomic E-state index is 14.3. The van der Waals surface area contributed by atoms with Crippen LogP contribution in [0.15, 0.2) is 108 Å². The maximum Gasteiger partial charge on any atom is 0.264 e. The number of likely N-dealkylation sites (N-methyl/N-ethyl adjacent to an activating group) is 1. The van der Waals surface area contributed by atoms with Crippen LogP contribution in [0.25, 0.3) is 0 Å². The number of rotatable bonds is 11. The van der Waals surface area contributed by atoms with Crippen molar-refractivity contribution in [2.45, 2.75) is 37.8 Å². The summed E-state index contributed by atoms with van der Waals surface area (Å²) in [5.41, 5.74) is 3.65. The van der Waals surface area contributed by atoms with Crippen LogP contribution in [-0.4, -0.2) is 44.8 Å². The van der Waals surface area contributed by atoms with E-state index in [4.69, 9.17) is 11.6 Å². The Balaban J connectivity index is 1.81. The number of benzene rings is 4. The van der Waals surface area contributed by atoms with Crippen molar-refractivity contribution < 1.29 is 18.0 Å². The van der Waals surface area contributed by atoms with Gasteiger partial charge in [0.25, 0.3) is 10.0 Å². The molecule has 0 radical (unpaired) electrons. The summed E-state index contributed by atoms with van der Waals surface area (Å²) in [6.45, 7) is 3.29. The molecule has 0 aliphatic rings. The van der Waals surface area contributed by atoms with Gasteiger partial charge in [-0.05, 0) is 72.5 Å². The minimum absolute atomic E-state index is 0.0520. The Hall–Kier alpha value is -4.14. The van der Waals surface area contributed by atoms with Crippen LogP contribution in [0.3, 0.4) is 0 Å². The minimum atomic E-state index is -4.14. The number of hydrogen-bond acceptors (Lipinski definition) is 4. The molecule has 0 spiro atoms. The summed E-state index contributed by atoms with van der Waals surface area (Å²) in [5, 5.41) is 3.17. The standard InChI is InChI=1S/C33H34ClN3O4S/c1-24-17-25(2)19-29(18-24)37(42(40,41)30-15-8-5-9-16-30)23-32(38)36(22-27-13-10-14-28(34)20-27)31(33(39)35-3)21-26-11-6-4-7-12-26/h4-20,31H,21-23H2,1-3H3,(H,35,39)/t31-/m0/s1. The second-order valence-electron chi connectivity index (χ2n) is 10.1. The number of halogens is 1. The normalized spacial score (nSPS) is 11.9. The number of hydrogen-bond donors (Lipinski definition) is 1. The molecule has 218 valence electrons. The smallest absolute Gasteiger partial charge is 0.264 e. The molecule has 0 unspecified atom stereocenters. The summed E-state index contributed by atoms with van der Waals surface area (Å²) >= 11 is 6.26. The molecule has 4 aromatic rings. The highest BCUT2D eigenvalue weighted by Gasteiger charge is 2.34. The van der Waals surface area contributed by atoms with E-state index in [1.807, 2.05) is 56.3 Å². The fourth-order valence-corrected chi connectivity index (χ4v) is 6.53. The van der Waals surface area contributed by atoms with E-state index < -0.39 is 28.5 Å². The van der Waals surface area contributed by atoms with Crippen LogP contribution in [0.1, 0.15) is 22.3 Å². The molecule has 7 nitrogen and oxygen atoms in total. The molecule has 1 atom stereocenters. The Kier molecular flexibility index (Phi) is 10.0. The van der Waals surface area contributed by atoms with Gasteiger partial charge in [-0.15, -0.1) is 0 Å². The number of nitrogens with zero attached hydrogens (tertiary/aromatic N) is 2. The van der Waals surface area contributed by atoms with Crippen molar-refractivity contribution in [2.75, 3.05) is 17.9 Å². The quantitative estimate of drug-likeness (QED) is 0.244. The number of carbonyl (C=O) groups excluding carboxylic acids is 2. The second-order valence-corrected chi connectivity index (χ2v) is 12.4. The van der Waals surface area contributed by atoms with E-state index in [0.717, 1.165) is 21.0 Å². The second kappa shape index (κ2) is 13.7.